The van der Waals surface area contributed by atoms with Crippen molar-refractivity contribution in [2.45, 2.75) is 13.0 Å². The largest absolute Gasteiger partial charge is 0.394 e. The van der Waals surface area contributed by atoms with Gasteiger partial charge in [0.2, 0.25) is 5.69 Å². The second-order valence-corrected chi connectivity index (χ2v) is 3.40. The molecule has 8 nitrogen and oxygen atoms in total. The first-order valence-electron chi connectivity index (χ1n) is 4.92. The molecule has 1 aliphatic rings. The van der Waals surface area contributed by atoms with Crippen molar-refractivity contribution < 1.29 is 24.9 Å². The summed E-state index contributed by atoms with van der Waals surface area (Å²) in [7, 11) is 0. The Morgan fingerprint density at radius 1 is 1.56 bits per heavy atom. The van der Waals surface area contributed by atoms with Crippen LogP contribution in [0.2, 0.25) is 0 Å². The number of nitrogens with one attached hydrogen (secondary N) is 3. The first-order valence-corrected chi connectivity index (χ1v) is 4.92. The summed E-state index contributed by atoms with van der Waals surface area (Å²) < 4.78 is 6.87. The van der Waals surface area contributed by atoms with Gasteiger partial charge in [0.05, 0.1) is 13.2 Å². The number of fused-ring (bicyclic) bond motifs is 1. The third kappa shape index (κ3) is 1.98. The number of aromatic amines is 1. The zero-order valence-electron chi connectivity index (χ0n) is 8.69. The number of ether oxygens (including phenoxy) is 1. The van der Waals surface area contributed by atoms with Crippen LogP contribution in [0.3, 0.4) is 0 Å². The number of hydrogen-bond donors (Lipinski definition) is 5. The Bertz CT molecular complexity index is 391. The van der Waals surface area contributed by atoms with Crippen molar-refractivity contribution in [2.75, 3.05) is 18.5 Å². The Kier molecular flexibility index (Phi) is 3.04. The summed E-state index contributed by atoms with van der Waals surface area (Å²) in [6.07, 6.45) is 1.27. The number of carbonyl (C=O) groups is 1. The van der Waals surface area contributed by atoms with Crippen LogP contribution in [0.25, 0.3) is 0 Å². The summed E-state index contributed by atoms with van der Waals surface area (Å²) in [5.41, 5.74) is 4.16. The highest BCUT2D eigenvalue weighted by Crippen LogP contribution is 2.11. The number of hydrogen-bond acceptors (Lipinski definition) is 4. The monoisotopic (exact) mass is 229 g/mol. The molecule has 2 rings (SSSR count). The summed E-state index contributed by atoms with van der Waals surface area (Å²) in [6.45, 7) is 0.491. The Hall–Kier alpha value is -1.64. The number of anilines is 1. The van der Waals surface area contributed by atoms with E-state index in [-0.39, 0.29) is 32.1 Å². The molecular formula is C8H15N5O3+2. The van der Waals surface area contributed by atoms with Crippen LogP contribution in [-0.2, 0) is 11.5 Å². The smallest absolute Gasteiger partial charge is 0.297 e. The van der Waals surface area contributed by atoms with Crippen LogP contribution in [0.5, 0.6) is 0 Å². The fraction of sp³-hybridized carbons (Fsp3) is 0.500. The van der Waals surface area contributed by atoms with Crippen molar-refractivity contribution in [3.05, 3.63) is 12.0 Å². The lowest BCUT2D eigenvalue weighted by Gasteiger charge is -2.15. The van der Waals surface area contributed by atoms with E-state index in [1.807, 2.05) is 0 Å². The zero-order valence-corrected chi connectivity index (χ0v) is 8.69. The van der Waals surface area contributed by atoms with Gasteiger partial charge in [-0.05, 0) is 0 Å². The van der Waals surface area contributed by atoms with Gasteiger partial charge in [-0.3, -0.25) is 15.1 Å². The maximum atomic E-state index is 11.5. The van der Waals surface area contributed by atoms with Crippen molar-refractivity contribution in [1.29, 1.82) is 0 Å². The quantitative estimate of drug-likeness (QED) is 0.278. The van der Waals surface area contributed by atoms with Crippen molar-refractivity contribution in [3.8, 4) is 0 Å². The lowest BCUT2D eigenvalue weighted by Crippen LogP contribution is -2.74. The third-order valence-corrected chi connectivity index (χ3v) is 2.20. The Morgan fingerprint density at radius 3 is 3.12 bits per heavy atom. The van der Waals surface area contributed by atoms with Crippen molar-refractivity contribution >= 4 is 11.7 Å². The highest BCUT2D eigenvalue weighted by molar-refractivity contribution is 5.97. The second-order valence-electron chi connectivity index (χ2n) is 3.40. The van der Waals surface area contributed by atoms with Crippen molar-refractivity contribution in [1.82, 2.24) is 10.3 Å². The first kappa shape index (κ1) is 10.9. The number of aromatic nitrogens is 2. The molecule has 1 aromatic rings. The van der Waals surface area contributed by atoms with Gasteiger partial charge in [0.25, 0.3) is 18.0 Å². The van der Waals surface area contributed by atoms with E-state index >= 15 is 0 Å². The van der Waals surface area contributed by atoms with E-state index in [0.717, 1.165) is 0 Å². The van der Waals surface area contributed by atoms with Gasteiger partial charge in [0.1, 0.15) is 0 Å². The van der Waals surface area contributed by atoms with Crippen LogP contribution in [-0.4, -0.2) is 35.5 Å². The highest BCUT2D eigenvalue weighted by atomic mass is 16.5. The van der Waals surface area contributed by atoms with Crippen molar-refractivity contribution in [2.24, 2.45) is 0 Å². The summed E-state index contributed by atoms with van der Waals surface area (Å²) in [5.74, 6) is 0.441. The van der Waals surface area contributed by atoms with Crippen molar-refractivity contribution in [3.63, 3.8) is 0 Å². The molecule has 1 atom stereocenters. The van der Waals surface area contributed by atoms with E-state index in [9.17, 15) is 4.79 Å². The molecule has 0 saturated heterocycles. The van der Waals surface area contributed by atoms with Crippen LogP contribution >= 0.6 is 0 Å². The van der Waals surface area contributed by atoms with Gasteiger partial charge in [0, 0.05) is 0 Å². The van der Waals surface area contributed by atoms with Gasteiger partial charge < -0.3 is 15.6 Å². The van der Waals surface area contributed by atoms with Gasteiger partial charge in [0.15, 0.2) is 13.1 Å². The first-order chi connectivity index (χ1) is 7.72. The molecular weight excluding hydrogens is 214 g/mol. The third-order valence-electron chi connectivity index (χ3n) is 2.20. The molecule has 1 aromatic heterocycles. The van der Waals surface area contributed by atoms with Gasteiger partial charge in [-0.2, -0.15) is 0 Å². The summed E-state index contributed by atoms with van der Waals surface area (Å²) in [5, 5.41) is 14.2. The molecule has 0 saturated carbocycles. The molecule has 1 amide bonds. The van der Waals surface area contributed by atoms with Crippen LogP contribution < -0.4 is 20.9 Å². The Labute approximate surface area is 91.4 Å². The number of nitrogens with zero attached hydrogens (tertiary/aromatic N) is 1. The maximum Gasteiger partial charge on any atom is 0.297 e. The molecule has 0 radical (unpaired) electrons. The van der Waals surface area contributed by atoms with Crippen LogP contribution in [0.1, 0.15) is 10.5 Å². The van der Waals surface area contributed by atoms with E-state index in [2.05, 4.69) is 21.4 Å². The summed E-state index contributed by atoms with van der Waals surface area (Å²) in [6, 6.07) is 0. The number of quaternary nitrogens is 1. The lowest BCUT2D eigenvalue weighted by atomic mass is 10.3. The molecule has 8 heteroatoms. The van der Waals surface area contributed by atoms with Gasteiger partial charge in [-0.15, -0.1) is 0 Å². The molecule has 88 valence electrons. The predicted molar refractivity (Wildman–Crippen MR) is 51.8 cm³/mol. The van der Waals surface area contributed by atoms with Crippen LogP contribution in [0.15, 0.2) is 6.33 Å². The molecule has 2 heterocycles. The average Bonchev–Trinajstić information content (AvgIpc) is 2.62. The number of aliphatic hydroxyl groups excluding tert-OH is 1. The predicted octanol–water partition coefficient (Wildman–Crippen LogP) is -3.05. The average molecular weight is 229 g/mol. The molecule has 1 aliphatic heterocycles. The number of imidazole rings is 1. The van der Waals surface area contributed by atoms with Crippen LogP contribution in [0, 0.1) is 0 Å². The molecule has 0 aliphatic carbocycles. The van der Waals surface area contributed by atoms with Gasteiger partial charge in [-0.25, -0.2) is 9.88 Å². The minimum Gasteiger partial charge on any atom is -0.394 e. The maximum absolute atomic E-state index is 11.5. The zero-order chi connectivity index (χ0) is 11.5. The Morgan fingerprint density at radius 2 is 2.38 bits per heavy atom. The fourth-order valence-electron chi connectivity index (χ4n) is 1.51. The molecule has 7 N–H and O–H groups in total. The highest BCUT2D eigenvalue weighted by Gasteiger charge is 2.33. The molecule has 0 aromatic carbocycles. The topological polar surface area (TPSA) is 118 Å². The van der Waals surface area contributed by atoms with Crippen LogP contribution in [0.4, 0.5) is 5.82 Å². The second kappa shape index (κ2) is 4.47. The normalized spacial score (nSPS) is 18.9. The molecule has 0 bridgehead atoms. The minimum absolute atomic E-state index is 0.0287. The fourth-order valence-corrected chi connectivity index (χ4v) is 1.51. The molecule has 16 heavy (non-hydrogen) atoms. The van der Waals surface area contributed by atoms with Gasteiger partial charge in [-0.1, -0.05) is 0 Å². The lowest BCUT2D eigenvalue weighted by molar-refractivity contribution is -0.720. The van der Waals surface area contributed by atoms with E-state index in [1.165, 1.54) is 0 Å². The summed E-state index contributed by atoms with van der Waals surface area (Å²) in [4.78, 5) is 14.4. The summed E-state index contributed by atoms with van der Waals surface area (Å²) >= 11 is 0. The molecule has 0 fully saturated rings. The minimum atomic E-state index is -0.361. The number of H-pyrrole nitrogens is 1. The standard InChI is InChI=1S/C8H13N5O3/c9-8-11-6-5(7(15)12-8)10-3-13(6)4-16-2-1-14/h3,8,14H,1-2,4,9H2,(H2,11,12,15)/p+2/t8-/m1/s1. The van der Waals surface area contributed by atoms with E-state index in [1.54, 1.807) is 10.9 Å². The number of carbonyl (C=O) groups excluding carboxylic acids is 1. The number of amides is 1. The molecule has 0 unspecified atom stereocenters. The number of rotatable bonds is 4. The molecule has 0 spiro atoms. The number of aliphatic hydroxyl groups is 1. The SMILES string of the molecule is [NH3+][C@H]1NC(=O)c2[nH]c[n+](COCCO)c2N1. The van der Waals surface area contributed by atoms with E-state index < -0.39 is 0 Å². The van der Waals surface area contributed by atoms with E-state index in [0.29, 0.717) is 11.5 Å². The van der Waals surface area contributed by atoms with Gasteiger partial charge >= 0.3 is 0 Å². The van der Waals surface area contributed by atoms with E-state index in [4.69, 9.17) is 9.84 Å². The Balaban J connectivity index is 2.13.